The van der Waals surface area contributed by atoms with Crippen molar-refractivity contribution in [3.05, 3.63) is 29.6 Å². The number of carbonyl (C=O) groups is 2. The molecule has 2 N–H and O–H groups in total. The average molecular weight is 266 g/mol. The highest BCUT2D eigenvalue weighted by Crippen LogP contribution is 2.08. The molecule has 0 bridgehead atoms. The van der Waals surface area contributed by atoms with E-state index in [1.807, 2.05) is 13.8 Å². The monoisotopic (exact) mass is 266 g/mol. The largest absolute Gasteiger partial charge is 0.478 e. The minimum Gasteiger partial charge on any atom is -0.478 e. The number of carboxylic acid groups (broad SMARTS) is 1. The summed E-state index contributed by atoms with van der Waals surface area (Å²) in [5, 5.41) is 11.8. The predicted octanol–water partition coefficient (Wildman–Crippen LogP) is 1.18. The fourth-order valence-corrected chi connectivity index (χ4v) is 1.58. The number of aromatic nitrogens is 1. The van der Waals surface area contributed by atoms with Gasteiger partial charge in [-0.1, -0.05) is 13.8 Å². The lowest BCUT2D eigenvalue weighted by atomic mass is 10.0. The Bertz CT molecular complexity index is 460. The van der Waals surface area contributed by atoms with E-state index in [1.165, 1.54) is 18.3 Å². The maximum Gasteiger partial charge on any atom is 0.338 e. The molecule has 1 heterocycles. The van der Waals surface area contributed by atoms with E-state index in [9.17, 15) is 9.59 Å². The van der Waals surface area contributed by atoms with Crippen LogP contribution in [-0.4, -0.2) is 41.7 Å². The van der Waals surface area contributed by atoms with Crippen molar-refractivity contribution >= 4 is 11.9 Å². The van der Waals surface area contributed by atoms with Crippen molar-refractivity contribution in [2.45, 2.75) is 19.9 Å². The maximum atomic E-state index is 12.1. The number of carbonyl (C=O) groups excluding carboxylic acids is 1. The molecule has 1 rings (SSSR count). The molecule has 0 aliphatic rings. The van der Waals surface area contributed by atoms with E-state index < -0.39 is 11.9 Å². The van der Waals surface area contributed by atoms with Gasteiger partial charge in [-0.05, 0) is 18.1 Å². The van der Waals surface area contributed by atoms with Crippen LogP contribution in [0.2, 0.25) is 0 Å². The predicted molar refractivity (Wildman–Crippen MR) is 69.2 cm³/mol. The normalized spacial score (nSPS) is 12.2. The van der Waals surface area contributed by atoms with Gasteiger partial charge in [0.1, 0.15) is 5.69 Å². The van der Waals surface area contributed by atoms with Crippen LogP contribution < -0.4 is 5.32 Å². The van der Waals surface area contributed by atoms with Crippen molar-refractivity contribution in [1.29, 1.82) is 0 Å². The Hall–Kier alpha value is -1.95. The second-order valence-corrected chi connectivity index (χ2v) is 4.48. The Morgan fingerprint density at radius 1 is 1.47 bits per heavy atom. The minimum absolute atomic E-state index is 0.0863. The van der Waals surface area contributed by atoms with Crippen molar-refractivity contribution in [3.8, 4) is 0 Å². The Morgan fingerprint density at radius 2 is 2.16 bits per heavy atom. The Morgan fingerprint density at radius 3 is 2.68 bits per heavy atom. The molecule has 1 aromatic rings. The summed E-state index contributed by atoms with van der Waals surface area (Å²) in [4.78, 5) is 26.9. The van der Waals surface area contributed by atoms with Crippen LogP contribution in [0.5, 0.6) is 0 Å². The second-order valence-electron chi connectivity index (χ2n) is 4.48. The van der Waals surface area contributed by atoms with Gasteiger partial charge in [-0.15, -0.1) is 0 Å². The fourth-order valence-electron chi connectivity index (χ4n) is 1.58. The highest BCUT2D eigenvalue weighted by molar-refractivity contribution is 6.03. The molecule has 0 spiro atoms. The Labute approximate surface area is 111 Å². The molecule has 1 unspecified atom stereocenters. The number of ether oxygens (including phenoxy) is 1. The standard InChI is InChI=1S/C13H18N2O4/c1-8(2)10(7-19-3)15-12(16)11-9(13(17)18)5-4-6-14-11/h4-6,8,10H,7H2,1-3H3,(H,15,16)(H,17,18). The van der Waals surface area contributed by atoms with Gasteiger partial charge in [0.05, 0.1) is 18.2 Å². The Kier molecular flexibility index (Phi) is 5.44. The van der Waals surface area contributed by atoms with Gasteiger partial charge in [-0.3, -0.25) is 9.78 Å². The average Bonchev–Trinajstić information content (AvgIpc) is 2.37. The van der Waals surface area contributed by atoms with Crippen LogP contribution in [0.25, 0.3) is 0 Å². The highest BCUT2D eigenvalue weighted by atomic mass is 16.5. The van der Waals surface area contributed by atoms with E-state index in [0.29, 0.717) is 6.61 Å². The van der Waals surface area contributed by atoms with E-state index in [1.54, 1.807) is 7.11 Å². The van der Waals surface area contributed by atoms with Gasteiger partial charge in [-0.25, -0.2) is 4.79 Å². The molecule has 0 saturated heterocycles. The van der Waals surface area contributed by atoms with E-state index in [4.69, 9.17) is 9.84 Å². The number of nitrogens with one attached hydrogen (secondary N) is 1. The summed E-state index contributed by atoms with van der Waals surface area (Å²) in [6, 6.07) is 2.64. The molecule has 1 atom stereocenters. The topological polar surface area (TPSA) is 88.5 Å². The smallest absolute Gasteiger partial charge is 0.338 e. The van der Waals surface area contributed by atoms with Crippen molar-refractivity contribution in [2.75, 3.05) is 13.7 Å². The fraction of sp³-hybridized carbons (Fsp3) is 0.462. The molecule has 19 heavy (non-hydrogen) atoms. The molecule has 0 aromatic carbocycles. The molecule has 6 nitrogen and oxygen atoms in total. The van der Waals surface area contributed by atoms with Crippen molar-refractivity contribution in [1.82, 2.24) is 10.3 Å². The second kappa shape index (κ2) is 6.84. The molecule has 1 amide bonds. The lowest BCUT2D eigenvalue weighted by molar-refractivity contribution is 0.0687. The minimum atomic E-state index is -1.17. The van der Waals surface area contributed by atoms with Crippen LogP contribution in [0.4, 0.5) is 0 Å². The highest BCUT2D eigenvalue weighted by Gasteiger charge is 2.22. The molecule has 0 fully saturated rings. The first kappa shape index (κ1) is 15.1. The number of hydrogen-bond acceptors (Lipinski definition) is 4. The van der Waals surface area contributed by atoms with E-state index in [-0.39, 0.29) is 23.2 Å². The SMILES string of the molecule is COCC(NC(=O)c1ncccc1C(=O)O)C(C)C. The van der Waals surface area contributed by atoms with Gasteiger partial charge < -0.3 is 15.2 Å². The van der Waals surface area contributed by atoms with Gasteiger partial charge in [0, 0.05) is 13.3 Å². The first-order valence-corrected chi connectivity index (χ1v) is 5.95. The van der Waals surface area contributed by atoms with Crippen LogP contribution >= 0.6 is 0 Å². The summed E-state index contributed by atoms with van der Waals surface area (Å²) < 4.78 is 5.03. The zero-order valence-electron chi connectivity index (χ0n) is 11.2. The molecular weight excluding hydrogens is 248 g/mol. The van der Waals surface area contributed by atoms with Crippen molar-refractivity contribution < 1.29 is 19.4 Å². The zero-order chi connectivity index (χ0) is 14.4. The molecule has 0 aliphatic carbocycles. The number of rotatable bonds is 6. The first-order chi connectivity index (χ1) is 8.97. The molecule has 104 valence electrons. The molecule has 1 aromatic heterocycles. The molecule has 6 heteroatoms. The maximum absolute atomic E-state index is 12.1. The summed E-state index contributed by atoms with van der Waals surface area (Å²) in [7, 11) is 1.55. The van der Waals surface area contributed by atoms with Gasteiger partial charge in [0.15, 0.2) is 0 Å². The first-order valence-electron chi connectivity index (χ1n) is 5.95. The van der Waals surface area contributed by atoms with Crippen LogP contribution in [0.15, 0.2) is 18.3 Å². The van der Waals surface area contributed by atoms with Crippen LogP contribution in [0, 0.1) is 5.92 Å². The number of aromatic carboxylic acids is 1. The number of pyridine rings is 1. The summed E-state index contributed by atoms with van der Waals surface area (Å²) in [6.07, 6.45) is 1.39. The lowest BCUT2D eigenvalue weighted by Crippen LogP contribution is -2.42. The summed E-state index contributed by atoms with van der Waals surface area (Å²) in [5.74, 6) is -1.51. The number of methoxy groups -OCH3 is 1. The third-order valence-corrected chi connectivity index (χ3v) is 2.72. The molecule has 0 radical (unpaired) electrons. The summed E-state index contributed by atoms with van der Waals surface area (Å²) >= 11 is 0. The van der Waals surface area contributed by atoms with Gasteiger partial charge in [-0.2, -0.15) is 0 Å². The molecule has 0 aliphatic heterocycles. The zero-order valence-corrected chi connectivity index (χ0v) is 11.2. The van der Waals surface area contributed by atoms with Gasteiger partial charge >= 0.3 is 5.97 Å². The van der Waals surface area contributed by atoms with Crippen molar-refractivity contribution in [3.63, 3.8) is 0 Å². The van der Waals surface area contributed by atoms with Crippen LogP contribution in [-0.2, 0) is 4.74 Å². The number of hydrogen-bond donors (Lipinski definition) is 2. The number of carboxylic acids is 1. The van der Waals surface area contributed by atoms with E-state index in [2.05, 4.69) is 10.3 Å². The van der Waals surface area contributed by atoms with Crippen LogP contribution in [0.1, 0.15) is 34.7 Å². The Balaban J connectivity index is 2.91. The molecular formula is C13H18N2O4. The number of nitrogens with zero attached hydrogens (tertiary/aromatic N) is 1. The van der Waals surface area contributed by atoms with E-state index in [0.717, 1.165) is 0 Å². The third-order valence-electron chi connectivity index (χ3n) is 2.72. The van der Waals surface area contributed by atoms with Crippen LogP contribution in [0.3, 0.4) is 0 Å². The van der Waals surface area contributed by atoms with Gasteiger partial charge in [0.2, 0.25) is 0 Å². The lowest BCUT2D eigenvalue weighted by Gasteiger charge is -2.21. The third kappa shape index (κ3) is 4.03. The van der Waals surface area contributed by atoms with Crippen molar-refractivity contribution in [2.24, 2.45) is 5.92 Å². The van der Waals surface area contributed by atoms with E-state index >= 15 is 0 Å². The number of amides is 1. The quantitative estimate of drug-likeness (QED) is 0.807. The summed E-state index contributed by atoms with van der Waals surface area (Å²) in [5.41, 5.74) is -0.198. The molecule has 0 saturated carbocycles. The summed E-state index contributed by atoms with van der Waals surface area (Å²) in [6.45, 7) is 4.25. The van der Waals surface area contributed by atoms with Gasteiger partial charge in [0.25, 0.3) is 5.91 Å².